The highest BCUT2D eigenvalue weighted by Gasteiger charge is 2.29. The van der Waals surface area contributed by atoms with Crippen molar-refractivity contribution in [3.8, 4) is 0 Å². The lowest BCUT2D eigenvalue weighted by molar-refractivity contribution is -0.139. The van der Waals surface area contributed by atoms with Crippen LogP contribution in [-0.4, -0.2) is 48.8 Å². The van der Waals surface area contributed by atoms with Crippen molar-refractivity contribution in [1.29, 1.82) is 0 Å². The van der Waals surface area contributed by atoms with Crippen LogP contribution in [0.25, 0.3) is 0 Å². The van der Waals surface area contributed by atoms with E-state index < -0.39 is 23.4 Å². The van der Waals surface area contributed by atoms with E-state index in [4.69, 9.17) is 14.3 Å². The van der Waals surface area contributed by atoms with Crippen molar-refractivity contribution in [3.05, 3.63) is 24.2 Å². The number of methoxy groups -OCH3 is 1. The van der Waals surface area contributed by atoms with Gasteiger partial charge in [-0.3, -0.25) is 9.59 Å². The summed E-state index contributed by atoms with van der Waals surface area (Å²) in [7, 11) is 1.41. The van der Waals surface area contributed by atoms with E-state index in [9.17, 15) is 14.4 Å². The third-order valence-electron chi connectivity index (χ3n) is 2.86. The van der Waals surface area contributed by atoms with Crippen LogP contribution in [0.1, 0.15) is 19.1 Å². The van der Waals surface area contributed by atoms with Gasteiger partial charge in [0.15, 0.2) is 0 Å². The first-order chi connectivity index (χ1) is 10.8. The lowest BCUT2D eigenvalue weighted by atomic mass is 9.99. The van der Waals surface area contributed by atoms with Gasteiger partial charge in [-0.15, -0.1) is 0 Å². The zero-order valence-electron chi connectivity index (χ0n) is 13.0. The first-order valence-corrected chi connectivity index (χ1v) is 6.90. The lowest BCUT2D eigenvalue weighted by Crippen LogP contribution is -2.53. The van der Waals surface area contributed by atoms with Crippen LogP contribution in [0.4, 0.5) is 4.79 Å². The Morgan fingerprint density at radius 3 is 2.65 bits per heavy atom. The van der Waals surface area contributed by atoms with Crippen LogP contribution in [0.15, 0.2) is 22.8 Å². The molecule has 3 amide bonds. The van der Waals surface area contributed by atoms with E-state index in [-0.39, 0.29) is 26.1 Å². The van der Waals surface area contributed by atoms with Gasteiger partial charge in [0.1, 0.15) is 5.76 Å². The molecule has 9 nitrogen and oxygen atoms in total. The highest BCUT2D eigenvalue weighted by molar-refractivity contribution is 5.84. The van der Waals surface area contributed by atoms with Gasteiger partial charge in [-0.25, -0.2) is 4.79 Å². The fourth-order valence-electron chi connectivity index (χ4n) is 1.97. The average Bonchev–Trinajstić information content (AvgIpc) is 2.95. The molecule has 0 bridgehead atoms. The number of amides is 3. The van der Waals surface area contributed by atoms with Gasteiger partial charge >= 0.3 is 12.0 Å². The first-order valence-electron chi connectivity index (χ1n) is 6.90. The molecule has 0 aliphatic rings. The normalized spacial score (nSPS) is 13.0. The molecule has 0 radical (unpaired) electrons. The second-order valence-corrected chi connectivity index (χ2v) is 5.23. The molecule has 1 aromatic heterocycles. The maximum atomic E-state index is 11.8. The zero-order chi connectivity index (χ0) is 17.3. The molecule has 0 spiro atoms. The zero-order valence-corrected chi connectivity index (χ0v) is 13.0. The number of rotatable bonds is 9. The summed E-state index contributed by atoms with van der Waals surface area (Å²) in [6.45, 7) is 1.50. The van der Waals surface area contributed by atoms with Gasteiger partial charge in [0.2, 0.25) is 5.91 Å². The second-order valence-electron chi connectivity index (χ2n) is 5.23. The molecule has 0 fully saturated rings. The number of hydrogen-bond acceptors (Lipinski definition) is 5. The van der Waals surface area contributed by atoms with E-state index in [1.54, 1.807) is 19.1 Å². The van der Waals surface area contributed by atoms with Crippen molar-refractivity contribution in [1.82, 2.24) is 16.0 Å². The van der Waals surface area contributed by atoms with Crippen LogP contribution in [0.5, 0.6) is 0 Å². The predicted molar refractivity (Wildman–Crippen MR) is 79.6 cm³/mol. The summed E-state index contributed by atoms with van der Waals surface area (Å²) in [5, 5.41) is 16.3. The molecular weight excluding hydrogens is 306 g/mol. The molecule has 128 valence electrons. The minimum absolute atomic E-state index is 0.0374. The van der Waals surface area contributed by atoms with Crippen LogP contribution in [0.3, 0.4) is 0 Å². The second kappa shape index (κ2) is 8.79. The van der Waals surface area contributed by atoms with Crippen molar-refractivity contribution in [2.45, 2.75) is 25.4 Å². The Morgan fingerprint density at radius 1 is 1.35 bits per heavy atom. The van der Waals surface area contributed by atoms with Gasteiger partial charge in [0.05, 0.1) is 37.9 Å². The Kier molecular flexibility index (Phi) is 7.07. The standard InChI is InChI=1S/C14H21N3O6/c1-14(9-22-2,6-12(19)20)17-11(18)8-16-13(21)15-7-10-4-3-5-23-10/h3-5H,6-9H2,1-2H3,(H,17,18)(H,19,20)(H2,15,16,21). The van der Waals surface area contributed by atoms with Crippen LogP contribution in [0.2, 0.25) is 0 Å². The fraction of sp³-hybridized carbons (Fsp3) is 0.500. The predicted octanol–water partition coefficient (Wildman–Crippen LogP) is 0.0748. The van der Waals surface area contributed by atoms with Crippen LogP contribution in [0, 0.1) is 0 Å². The highest BCUT2D eigenvalue weighted by atomic mass is 16.5. The Labute approximate surface area is 133 Å². The van der Waals surface area contributed by atoms with E-state index in [1.807, 2.05) is 0 Å². The molecule has 0 aliphatic carbocycles. The van der Waals surface area contributed by atoms with Gasteiger partial charge in [0.25, 0.3) is 0 Å². The molecule has 23 heavy (non-hydrogen) atoms. The molecule has 0 saturated heterocycles. The van der Waals surface area contributed by atoms with E-state index >= 15 is 0 Å². The van der Waals surface area contributed by atoms with Crippen molar-refractivity contribution < 1.29 is 28.6 Å². The number of carboxylic acid groups (broad SMARTS) is 1. The largest absolute Gasteiger partial charge is 0.481 e. The third kappa shape index (κ3) is 7.32. The van der Waals surface area contributed by atoms with E-state index in [0.717, 1.165) is 0 Å². The molecule has 1 aromatic rings. The Hall–Kier alpha value is -2.55. The van der Waals surface area contributed by atoms with Gasteiger partial charge in [-0.1, -0.05) is 0 Å². The summed E-state index contributed by atoms with van der Waals surface area (Å²) < 4.78 is 9.97. The van der Waals surface area contributed by atoms with Gasteiger partial charge in [-0.05, 0) is 19.1 Å². The molecule has 1 unspecified atom stereocenters. The van der Waals surface area contributed by atoms with E-state index in [2.05, 4.69) is 16.0 Å². The molecule has 9 heteroatoms. The first kappa shape index (κ1) is 18.5. The molecule has 0 aromatic carbocycles. The van der Waals surface area contributed by atoms with Crippen LogP contribution >= 0.6 is 0 Å². The number of hydrogen-bond donors (Lipinski definition) is 4. The summed E-state index contributed by atoms with van der Waals surface area (Å²) in [6.07, 6.45) is 1.19. The topological polar surface area (TPSA) is 130 Å². The Balaban J connectivity index is 2.36. The molecule has 1 atom stereocenters. The van der Waals surface area contributed by atoms with Gasteiger partial charge < -0.3 is 30.2 Å². The van der Waals surface area contributed by atoms with Crippen LogP contribution < -0.4 is 16.0 Å². The van der Waals surface area contributed by atoms with Gasteiger partial charge in [0, 0.05) is 7.11 Å². The number of urea groups is 1. The fourth-order valence-corrected chi connectivity index (χ4v) is 1.97. The number of carbonyl (C=O) groups excluding carboxylic acids is 2. The van der Waals surface area contributed by atoms with Crippen LogP contribution in [-0.2, 0) is 20.9 Å². The number of aliphatic carboxylic acids is 1. The third-order valence-corrected chi connectivity index (χ3v) is 2.86. The smallest absolute Gasteiger partial charge is 0.315 e. The number of carboxylic acids is 1. The quantitative estimate of drug-likeness (QED) is 0.508. The number of nitrogens with one attached hydrogen (secondary N) is 3. The summed E-state index contributed by atoms with van der Waals surface area (Å²) in [4.78, 5) is 34.2. The Morgan fingerprint density at radius 2 is 2.09 bits per heavy atom. The number of ether oxygens (including phenoxy) is 1. The molecule has 0 saturated carbocycles. The molecule has 1 heterocycles. The average molecular weight is 327 g/mol. The SMILES string of the molecule is COCC(C)(CC(=O)O)NC(=O)CNC(=O)NCc1ccco1. The molecule has 4 N–H and O–H groups in total. The van der Waals surface area contributed by atoms with Gasteiger partial charge in [-0.2, -0.15) is 0 Å². The van der Waals surface area contributed by atoms with E-state index in [1.165, 1.54) is 13.4 Å². The highest BCUT2D eigenvalue weighted by Crippen LogP contribution is 2.10. The monoisotopic (exact) mass is 327 g/mol. The maximum Gasteiger partial charge on any atom is 0.315 e. The summed E-state index contributed by atoms with van der Waals surface area (Å²) in [5.74, 6) is -0.994. The molecule has 0 aliphatic heterocycles. The lowest BCUT2D eigenvalue weighted by Gasteiger charge is -2.28. The maximum absolute atomic E-state index is 11.8. The molecule has 1 rings (SSSR count). The van der Waals surface area contributed by atoms with Crippen molar-refractivity contribution in [2.24, 2.45) is 0 Å². The van der Waals surface area contributed by atoms with E-state index in [0.29, 0.717) is 5.76 Å². The number of carbonyl (C=O) groups is 3. The minimum Gasteiger partial charge on any atom is -0.481 e. The summed E-state index contributed by atoms with van der Waals surface area (Å²) in [5.41, 5.74) is -1.05. The number of furan rings is 1. The summed E-state index contributed by atoms with van der Waals surface area (Å²) in [6, 6.07) is 2.86. The van der Waals surface area contributed by atoms with Crippen molar-refractivity contribution >= 4 is 17.9 Å². The van der Waals surface area contributed by atoms with Crippen molar-refractivity contribution in [2.75, 3.05) is 20.3 Å². The summed E-state index contributed by atoms with van der Waals surface area (Å²) >= 11 is 0. The Bertz CT molecular complexity index is 531. The molecular formula is C14H21N3O6. The van der Waals surface area contributed by atoms with Crippen molar-refractivity contribution in [3.63, 3.8) is 0 Å². The minimum atomic E-state index is -1.06.